The van der Waals surface area contributed by atoms with Crippen molar-refractivity contribution >= 4 is 125 Å². The lowest BCUT2D eigenvalue weighted by Gasteiger charge is -2.04. The number of benzene rings is 1. The molecule has 21 nitrogen and oxygen atoms in total. The summed E-state index contributed by atoms with van der Waals surface area (Å²) in [5.41, 5.74) is 9.76. The zero-order valence-corrected chi connectivity index (χ0v) is 40.6. The maximum Gasteiger partial charge on any atom is 0.359 e. The number of carboxylic acid groups (broad SMARTS) is 1. The number of aromatic carboxylic acids is 1. The van der Waals surface area contributed by atoms with E-state index in [0.717, 1.165) is 15.2 Å². The van der Waals surface area contributed by atoms with Crippen LogP contribution in [-0.4, -0.2) is 108 Å². The molecule has 7 heterocycles. The van der Waals surface area contributed by atoms with Crippen LogP contribution >= 0.6 is 66.9 Å². The van der Waals surface area contributed by atoms with E-state index in [2.05, 4.69) is 62.3 Å². The molecule has 1 aliphatic heterocycles. The number of rotatable bonds is 8. The van der Waals surface area contributed by atoms with E-state index in [1.807, 2.05) is 25.1 Å². The summed E-state index contributed by atoms with van der Waals surface area (Å²) in [6, 6.07) is 17.6. The van der Waals surface area contributed by atoms with Gasteiger partial charge >= 0.3 is 23.9 Å². The molecule has 2 amide bonds. The lowest BCUT2D eigenvalue weighted by atomic mass is 10.1. The third-order valence-electron chi connectivity index (χ3n) is 8.30. The van der Waals surface area contributed by atoms with Crippen molar-refractivity contribution in [2.75, 3.05) is 25.6 Å². The molecule has 0 atom stereocenters. The molecule has 0 aliphatic carbocycles. The van der Waals surface area contributed by atoms with Gasteiger partial charge in [-0.3, -0.25) is 14.4 Å². The van der Waals surface area contributed by atoms with Crippen molar-refractivity contribution in [3.05, 3.63) is 116 Å². The highest BCUT2D eigenvalue weighted by Crippen LogP contribution is 2.20. The third kappa shape index (κ3) is 17.3. The number of nitrogen functional groups attached to an aromatic ring is 1. The normalized spacial score (nSPS) is 11.0. The molecular formula is C44H54Br2Cl3N11O10. The summed E-state index contributed by atoms with van der Waals surface area (Å²) >= 11 is 23.1. The van der Waals surface area contributed by atoms with E-state index in [4.69, 9.17) is 59.9 Å². The number of hydrogen-bond acceptors (Lipinski definition) is 16. The lowest BCUT2D eigenvalue weighted by molar-refractivity contribution is -0.142. The SMILES string of the molecule is C.C.C.C.CCOC(=O)Cc1ccccc1N.CCOC(=O)c1nc(Cl)nn2c(Br)ccc12.CCOC(=O)c1nc(Cl)nn2cccc12.Cc1ccc2c(C(=O)O)nc(Cl)nn12.O=C1CCC(=O)N1Br. The maximum absolute atomic E-state index is 11.6. The number of hydrogen-bond donors (Lipinski definition) is 2. The number of amides is 2. The molecule has 1 saturated heterocycles. The zero-order valence-electron chi connectivity index (χ0n) is 35.2. The average molecular weight is 1160 g/mol. The summed E-state index contributed by atoms with van der Waals surface area (Å²) < 4.78 is 20.7. The van der Waals surface area contributed by atoms with Crippen molar-refractivity contribution in [2.24, 2.45) is 0 Å². The molecule has 1 aromatic carbocycles. The van der Waals surface area contributed by atoms with Crippen LogP contribution < -0.4 is 5.73 Å². The molecule has 0 unspecified atom stereocenters. The second kappa shape index (κ2) is 30.4. The Kier molecular flexibility index (Phi) is 27.6. The van der Waals surface area contributed by atoms with Gasteiger partial charge in [0.05, 0.1) is 58.9 Å². The van der Waals surface area contributed by atoms with Crippen LogP contribution in [0.2, 0.25) is 15.9 Å². The molecule has 7 aromatic rings. The van der Waals surface area contributed by atoms with Gasteiger partial charge in [0.2, 0.25) is 27.7 Å². The number of halogens is 5. The summed E-state index contributed by atoms with van der Waals surface area (Å²) in [5, 5.41) is 20.5. The number of fused-ring (bicyclic) bond motifs is 3. The van der Waals surface area contributed by atoms with Gasteiger partial charge < -0.3 is 25.1 Å². The molecule has 26 heteroatoms. The fourth-order valence-electron chi connectivity index (χ4n) is 5.41. The fraction of sp³-hybridized carbons (Fsp3) is 0.318. The minimum absolute atomic E-state index is 0. The van der Waals surface area contributed by atoms with Gasteiger partial charge in [0.25, 0.3) is 0 Å². The molecule has 6 aromatic heterocycles. The molecule has 0 bridgehead atoms. The first-order valence-electron chi connectivity index (χ1n) is 19.2. The molecular weight excluding hydrogens is 1110 g/mol. The Balaban J connectivity index is 0.000000849. The van der Waals surface area contributed by atoms with Crippen molar-refractivity contribution < 1.29 is 48.1 Å². The van der Waals surface area contributed by atoms with Crippen LogP contribution in [0.25, 0.3) is 16.6 Å². The Morgan fingerprint density at radius 1 is 0.671 bits per heavy atom. The third-order valence-corrected chi connectivity index (χ3v) is 10.2. The zero-order chi connectivity index (χ0) is 48.7. The van der Waals surface area contributed by atoms with Gasteiger partial charge in [-0.25, -0.2) is 46.8 Å². The van der Waals surface area contributed by atoms with E-state index >= 15 is 0 Å². The Hall–Kier alpha value is -6.27. The molecule has 0 radical (unpaired) electrons. The van der Waals surface area contributed by atoms with Gasteiger partial charge in [-0.15, -0.1) is 15.3 Å². The number of nitrogens with zero attached hydrogens (tertiary/aromatic N) is 10. The smallest absolute Gasteiger partial charge is 0.359 e. The molecule has 1 aliphatic rings. The molecule has 3 N–H and O–H groups in total. The monoisotopic (exact) mass is 1160 g/mol. The highest BCUT2D eigenvalue weighted by Gasteiger charge is 2.26. The number of para-hydroxylation sites is 1. The number of anilines is 1. The number of ether oxygens (including phenoxy) is 3. The first-order chi connectivity index (χ1) is 31.4. The van der Waals surface area contributed by atoms with E-state index in [1.54, 1.807) is 69.4 Å². The standard InChI is InChI=1S/C10H13NO2.C9H7BrClN3O2.C9H8ClN3O2.C8H6ClN3O2.C4H4BrNO2.4CH4/c1-2-13-10(12)7-8-5-3-4-6-9(8)11;1-2-16-8(15)7-5-3-4-6(10)14(5)13-9(11)12-7;1-2-15-8(14)7-6-4-3-5-13(6)12-9(10)11-7;1-4-2-3-5-6(7(13)14)10-8(9)11-12(4)5;5-6-3(7)1-2-4(6)8;;;;/h3-6H,2,7,11H2,1H3;3-4H,2H2,1H3;3-5H,2H2,1H3;2-3H,1H3,(H,13,14);1-2H2;4*1H4. The Morgan fingerprint density at radius 2 is 1.16 bits per heavy atom. The fourth-order valence-corrected chi connectivity index (χ4v) is 6.66. The van der Waals surface area contributed by atoms with Gasteiger partial charge in [0, 0.05) is 30.4 Å². The van der Waals surface area contributed by atoms with Crippen LogP contribution in [0.4, 0.5) is 5.69 Å². The number of aromatic nitrogens is 9. The lowest BCUT2D eigenvalue weighted by Crippen LogP contribution is -2.16. The predicted octanol–water partition coefficient (Wildman–Crippen LogP) is 9.63. The van der Waals surface area contributed by atoms with Gasteiger partial charge in [-0.05, 0) is 126 Å². The van der Waals surface area contributed by atoms with E-state index < -0.39 is 17.9 Å². The van der Waals surface area contributed by atoms with Crippen LogP contribution in [0.1, 0.15) is 106 Å². The van der Waals surface area contributed by atoms with Crippen LogP contribution in [0.5, 0.6) is 0 Å². The number of aryl methyl sites for hydroxylation is 1. The number of carbonyl (C=O) groups is 6. The van der Waals surface area contributed by atoms with Gasteiger partial charge in [0.15, 0.2) is 17.1 Å². The Bertz CT molecular complexity index is 2880. The van der Waals surface area contributed by atoms with Crippen molar-refractivity contribution in [1.29, 1.82) is 0 Å². The molecule has 70 heavy (non-hydrogen) atoms. The Labute approximate surface area is 436 Å². The predicted molar refractivity (Wildman–Crippen MR) is 273 cm³/mol. The van der Waals surface area contributed by atoms with Crippen LogP contribution in [0.3, 0.4) is 0 Å². The number of carbonyl (C=O) groups excluding carboxylic acids is 5. The van der Waals surface area contributed by atoms with Crippen LogP contribution in [0, 0.1) is 6.92 Å². The second-order valence-corrected chi connectivity index (χ2v) is 15.3. The van der Waals surface area contributed by atoms with E-state index in [9.17, 15) is 28.8 Å². The van der Waals surface area contributed by atoms with Crippen molar-refractivity contribution in [2.45, 2.75) is 76.7 Å². The molecule has 0 spiro atoms. The average Bonchev–Trinajstić information content (AvgIpc) is 4.07. The van der Waals surface area contributed by atoms with E-state index in [-0.39, 0.29) is 93.5 Å². The number of nitrogens with two attached hydrogens (primary N) is 1. The first-order valence-corrected chi connectivity index (χ1v) is 21.9. The molecule has 380 valence electrons. The molecule has 8 rings (SSSR count). The maximum atomic E-state index is 11.6. The van der Waals surface area contributed by atoms with Crippen LogP contribution in [-0.2, 0) is 35.0 Å². The Morgan fingerprint density at radius 3 is 1.67 bits per heavy atom. The van der Waals surface area contributed by atoms with Crippen molar-refractivity contribution in [3.63, 3.8) is 0 Å². The number of carboxylic acids is 1. The molecule has 0 saturated carbocycles. The summed E-state index contributed by atoms with van der Waals surface area (Å²) in [4.78, 5) is 77.3. The highest BCUT2D eigenvalue weighted by molar-refractivity contribution is 9.10. The second-order valence-electron chi connectivity index (χ2n) is 12.7. The summed E-state index contributed by atoms with van der Waals surface area (Å²) in [5.74, 6) is -2.64. The number of esters is 3. The summed E-state index contributed by atoms with van der Waals surface area (Å²) in [7, 11) is 0. The molecule has 1 fully saturated rings. The minimum atomic E-state index is -1.11. The van der Waals surface area contributed by atoms with Crippen molar-refractivity contribution in [3.8, 4) is 0 Å². The van der Waals surface area contributed by atoms with Gasteiger partial charge in [-0.2, -0.15) is 0 Å². The quantitative estimate of drug-likeness (QED) is 0.0471. The topological polar surface area (TPSA) is 270 Å². The summed E-state index contributed by atoms with van der Waals surface area (Å²) in [6.45, 7) is 8.05. The van der Waals surface area contributed by atoms with Gasteiger partial charge in [0.1, 0.15) is 4.60 Å². The summed E-state index contributed by atoms with van der Waals surface area (Å²) in [6.07, 6.45) is 2.64. The minimum Gasteiger partial charge on any atom is -0.476 e. The van der Waals surface area contributed by atoms with E-state index in [1.165, 1.54) is 13.5 Å². The van der Waals surface area contributed by atoms with E-state index in [0.29, 0.717) is 52.9 Å². The first kappa shape index (κ1) is 63.7. The highest BCUT2D eigenvalue weighted by atomic mass is 79.9. The van der Waals surface area contributed by atoms with Crippen molar-refractivity contribution in [1.82, 2.24) is 47.7 Å². The van der Waals surface area contributed by atoms with Crippen LogP contribution in [0.15, 0.2) is 71.5 Å². The number of imide groups is 1. The van der Waals surface area contributed by atoms with Gasteiger partial charge in [-0.1, -0.05) is 47.9 Å². The largest absolute Gasteiger partial charge is 0.476 e.